The third-order valence-corrected chi connectivity index (χ3v) is 5.16. The van der Waals surface area contributed by atoms with Gasteiger partial charge in [0.1, 0.15) is 17.9 Å². The van der Waals surface area contributed by atoms with Crippen molar-refractivity contribution in [2.45, 2.75) is 51.7 Å². The number of nitrogens with one attached hydrogen (secondary N) is 1. The number of aliphatic hydroxyl groups is 1. The van der Waals surface area contributed by atoms with E-state index in [0.717, 1.165) is 62.0 Å². The molecular formula is C20H30N4O2. The summed E-state index contributed by atoms with van der Waals surface area (Å²) in [6, 6.07) is 6.28. The van der Waals surface area contributed by atoms with Gasteiger partial charge >= 0.3 is 0 Å². The Hall–Kier alpha value is -1.92. The highest BCUT2D eigenvalue weighted by Crippen LogP contribution is 2.26. The number of hydrogen-bond donors (Lipinski definition) is 2. The highest BCUT2D eigenvalue weighted by atomic mass is 16.5. The normalized spacial score (nSPS) is 20.5. The zero-order valence-electron chi connectivity index (χ0n) is 15.8. The third kappa shape index (κ3) is 4.83. The molecule has 142 valence electrons. The van der Waals surface area contributed by atoms with Crippen LogP contribution in [0.3, 0.4) is 0 Å². The minimum atomic E-state index is -0.156. The number of hydrogen-bond acceptors (Lipinski definition) is 6. The van der Waals surface area contributed by atoms with Crippen LogP contribution in [-0.2, 0) is 0 Å². The number of nitrogens with zero attached hydrogens (tertiary/aromatic N) is 3. The minimum Gasteiger partial charge on any atom is -0.490 e. The molecule has 6 heteroatoms. The van der Waals surface area contributed by atoms with Gasteiger partial charge in [-0.15, -0.1) is 0 Å². The van der Waals surface area contributed by atoms with E-state index in [-0.39, 0.29) is 6.10 Å². The first-order valence-corrected chi connectivity index (χ1v) is 9.75. The zero-order valence-corrected chi connectivity index (χ0v) is 15.8. The van der Waals surface area contributed by atoms with Gasteiger partial charge in [0.05, 0.1) is 6.10 Å². The van der Waals surface area contributed by atoms with Crippen molar-refractivity contribution in [3.05, 3.63) is 24.4 Å². The second-order valence-electron chi connectivity index (χ2n) is 6.91. The number of aromatic nitrogens is 2. The lowest BCUT2D eigenvalue weighted by Gasteiger charge is -2.26. The molecule has 0 atom stereocenters. The van der Waals surface area contributed by atoms with E-state index in [9.17, 15) is 5.11 Å². The van der Waals surface area contributed by atoms with Crippen LogP contribution in [0.1, 0.15) is 39.5 Å². The van der Waals surface area contributed by atoms with Crippen LogP contribution >= 0.6 is 0 Å². The van der Waals surface area contributed by atoms with Crippen LogP contribution in [0.25, 0.3) is 10.9 Å². The fourth-order valence-corrected chi connectivity index (χ4v) is 3.44. The molecule has 1 aromatic heterocycles. The predicted octanol–water partition coefficient (Wildman–Crippen LogP) is 3.07. The smallest absolute Gasteiger partial charge is 0.223 e. The lowest BCUT2D eigenvalue weighted by atomic mass is 9.93. The first-order valence-electron chi connectivity index (χ1n) is 9.75. The quantitative estimate of drug-likeness (QED) is 0.756. The van der Waals surface area contributed by atoms with Gasteiger partial charge in [-0.05, 0) is 44.8 Å². The van der Waals surface area contributed by atoms with Crippen LogP contribution in [0.15, 0.2) is 24.4 Å². The van der Waals surface area contributed by atoms with Gasteiger partial charge in [0.25, 0.3) is 0 Å². The maximum Gasteiger partial charge on any atom is 0.223 e. The number of fused-ring (bicyclic) bond motifs is 1. The molecule has 3 rings (SSSR count). The number of para-hydroxylation sites is 1. The van der Waals surface area contributed by atoms with E-state index in [1.54, 1.807) is 0 Å². The van der Waals surface area contributed by atoms with Crippen molar-refractivity contribution in [3.63, 3.8) is 0 Å². The molecule has 0 aliphatic heterocycles. The summed E-state index contributed by atoms with van der Waals surface area (Å²) in [5.41, 5.74) is 0.848. The highest BCUT2D eigenvalue weighted by molar-refractivity contribution is 5.84. The maximum atomic E-state index is 9.65. The zero-order chi connectivity index (χ0) is 18.4. The second-order valence-corrected chi connectivity index (χ2v) is 6.91. The number of rotatable bonds is 8. The van der Waals surface area contributed by atoms with Crippen molar-refractivity contribution in [2.24, 2.45) is 0 Å². The number of aliphatic hydroxyl groups excluding tert-OH is 1. The van der Waals surface area contributed by atoms with E-state index >= 15 is 0 Å². The van der Waals surface area contributed by atoms with Gasteiger partial charge in [-0.1, -0.05) is 26.0 Å². The lowest BCUT2D eigenvalue weighted by Crippen LogP contribution is -2.29. The molecule has 0 radical (unpaired) electrons. The van der Waals surface area contributed by atoms with Crippen LogP contribution < -0.4 is 10.1 Å². The van der Waals surface area contributed by atoms with Gasteiger partial charge < -0.3 is 20.1 Å². The molecule has 1 aliphatic rings. The molecule has 0 amide bonds. The Morgan fingerprint density at radius 3 is 2.69 bits per heavy atom. The van der Waals surface area contributed by atoms with E-state index in [1.165, 1.54) is 0 Å². The van der Waals surface area contributed by atoms with Crippen LogP contribution in [-0.4, -0.2) is 58.4 Å². The third-order valence-electron chi connectivity index (χ3n) is 5.16. The lowest BCUT2D eigenvalue weighted by molar-refractivity contribution is 0.126. The SMILES string of the molecule is CCN(CC)CCOc1cccc2cnc(NC3CCC(O)CC3)nc12. The summed E-state index contributed by atoms with van der Waals surface area (Å²) in [4.78, 5) is 11.5. The van der Waals surface area contributed by atoms with Crippen LogP contribution in [0.5, 0.6) is 5.75 Å². The van der Waals surface area contributed by atoms with Crippen LogP contribution in [0.4, 0.5) is 5.95 Å². The van der Waals surface area contributed by atoms with Crippen LogP contribution in [0.2, 0.25) is 0 Å². The van der Waals surface area contributed by atoms with E-state index in [2.05, 4.69) is 29.0 Å². The molecule has 1 aromatic carbocycles. The second kappa shape index (κ2) is 9.14. The van der Waals surface area contributed by atoms with E-state index < -0.39 is 0 Å². The van der Waals surface area contributed by atoms with Crippen molar-refractivity contribution >= 4 is 16.9 Å². The Labute approximate surface area is 155 Å². The maximum absolute atomic E-state index is 9.65. The summed E-state index contributed by atoms with van der Waals surface area (Å²) in [6.07, 6.45) is 5.27. The largest absolute Gasteiger partial charge is 0.490 e. The average molecular weight is 358 g/mol. The minimum absolute atomic E-state index is 0.156. The molecule has 0 bridgehead atoms. The van der Waals surface area contributed by atoms with Gasteiger partial charge in [0, 0.05) is 24.2 Å². The van der Waals surface area contributed by atoms with E-state index in [4.69, 9.17) is 9.72 Å². The predicted molar refractivity (Wildman–Crippen MR) is 105 cm³/mol. The molecular weight excluding hydrogens is 328 g/mol. The van der Waals surface area contributed by atoms with Gasteiger partial charge in [-0.3, -0.25) is 0 Å². The van der Waals surface area contributed by atoms with Gasteiger partial charge in [0.2, 0.25) is 5.95 Å². The molecule has 0 unspecified atom stereocenters. The summed E-state index contributed by atoms with van der Waals surface area (Å²) in [7, 11) is 0. The summed E-state index contributed by atoms with van der Waals surface area (Å²) < 4.78 is 6.02. The Balaban J connectivity index is 1.69. The monoisotopic (exact) mass is 358 g/mol. The molecule has 2 aromatic rings. The summed E-state index contributed by atoms with van der Waals surface area (Å²) in [5.74, 6) is 1.44. The standard InChI is InChI=1S/C20H30N4O2/c1-3-24(4-2)12-13-26-18-7-5-6-15-14-21-20(23-19(15)18)22-16-8-10-17(25)11-9-16/h5-7,14,16-17,25H,3-4,8-13H2,1-2H3,(H,21,22,23). The molecule has 26 heavy (non-hydrogen) atoms. The first kappa shape index (κ1) is 18.9. The van der Waals surface area contributed by atoms with E-state index in [1.807, 2.05) is 24.4 Å². The van der Waals surface area contributed by atoms with Gasteiger partial charge in [-0.25, -0.2) is 9.97 Å². The van der Waals surface area contributed by atoms with Gasteiger partial charge in [0.15, 0.2) is 0 Å². The number of benzene rings is 1. The fraction of sp³-hybridized carbons (Fsp3) is 0.600. The summed E-state index contributed by atoms with van der Waals surface area (Å²) in [6.45, 7) is 7.94. The van der Waals surface area contributed by atoms with Crippen molar-refractivity contribution in [1.82, 2.24) is 14.9 Å². The Kier molecular flexibility index (Phi) is 6.63. The molecule has 0 spiro atoms. The van der Waals surface area contributed by atoms with Crippen molar-refractivity contribution in [1.29, 1.82) is 0 Å². The summed E-state index contributed by atoms with van der Waals surface area (Å²) in [5, 5.41) is 14.0. The van der Waals surface area contributed by atoms with E-state index in [0.29, 0.717) is 18.6 Å². The summed E-state index contributed by atoms with van der Waals surface area (Å²) >= 11 is 0. The number of likely N-dealkylation sites (N-methyl/N-ethyl adjacent to an activating group) is 1. The molecule has 0 saturated heterocycles. The first-order chi connectivity index (χ1) is 12.7. The number of anilines is 1. The van der Waals surface area contributed by atoms with Gasteiger partial charge in [-0.2, -0.15) is 0 Å². The molecule has 6 nitrogen and oxygen atoms in total. The Morgan fingerprint density at radius 2 is 1.96 bits per heavy atom. The van der Waals surface area contributed by atoms with Crippen molar-refractivity contribution < 1.29 is 9.84 Å². The van der Waals surface area contributed by atoms with Crippen molar-refractivity contribution in [3.8, 4) is 5.75 Å². The molecule has 1 heterocycles. The average Bonchev–Trinajstić information content (AvgIpc) is 2.67. The molecule has 2 N–H and O–H groups in total. The molecule has 1 saturated carbocycles. The van der Waals surface area contributed by atoms with Crippen LogP contribution in [0, 0.1) is 0 Å². The highest BCUT2D eigenvalue weighted by Gasteiger charge is 2.20. The molecule has 1 fully saturated rings. The van der Waals surface area contributed by atoms with Crippen molar-refractivity contribution in [2.75, 3.05) is 31.6 Å². The Bertz CT molecular complexity index is 697. The topological polar surface area (TPSA) is 70.5 Å². The number of ether oxygens (including phenoxy) is 1. The molecule has 1 aliphatic carbocycles. The fourth-order valence-electron chi connectivity index (χ4n) is 3.44. The Morgan fingerprint density at radius 1 is 1.19 bits per heavy atom.